The van der Waals surface area contributed by atoms with Crippen LogP contribution in [0.1, 0.15) is 43.7 Å². The maximum atomic E-state index is 13.2. The first-order valence-electron chi connectivity index (χ1n) is 10.8. The molecule has 0 saturated carbocycles. The second-order valence-electron chi connectivity index (χ2n) is 8.04. The van der Waals surface area contributed by atoms with Gasteiger partial charge in [0.15, 0.2) is 10.8 Å². The summed E-state index contributed by atoms with van der Waals surface area (Å²) in [5.74, 6) is -0.466. The van der Waals surface area contributed by atoms with E-state index in [0.29, 0.717) is 38.1 Å². The number of fused-ring (bicyclic) bond motifs is 1. The topological polar surface area (TPSA) is 115 Å². The number of alkyl halides is 2. The summed E-state index contributed by atoms with van der Waals surface area (Å²) >= 11 is 7.33. The Hall–Kier alpha value is -3.97. The SMILES string of the molecule is COc1cnc(Cl)cc1-c1cc(C)ncc1C(=O)Nc1nc2c(s1)CN(C(=O)c1ccn(C(F)F)n1)C2. The molecule has 0 atom stereocenters. The first-order chi connectivity index (χ1) is 17.7. The molecule has 0 spiro atoms. The van der Waals surface area contributed by atoms with Gasteiger partial charge in [0, 0.05) is 29.2 Å². The van der Waals surface area contributed by atoms with Crippen LogP contribution in [0.2, 0.25) is 5.15 Å². The average Bonchev–Trinajstić information content (AvgIpc) is 3.59. The molecule has 2 amide bonds. The first kappa shape index (κ1) is 24.7. The number of aromatic nitrogens is 5. The van der Waals surface area contributed by atoms with Crippen LogP contribution in [-0.4, -0.2) is 48.6 Å². The van der Waals surface area contributed by atoms with E-state index in [4.69, 9.17) is 16.3 Å². The Labute approximate surface area is 217 Å². The largest absolute Gasteiger partial charge is 0.494 e. The van der Waals surface area contributed by atoms with Crippen molar-refractivity contribution in [2.24, 2.45) is 0 Å². The molecule has 0 radical (unpaired) electrons. The molecule has 10 nitrogen and oxygen atoms in total. The van der Waals surface area contributed by atoms with Crippen LogP contribution in [0.15, 0.2) is 36.8 Å². The lowest BCUT2D eigenvalue weighted by Crippen LogP contribution is -2.26. The van der Waals surface area contributed by atoms with Crippen molar-refractivity contribution in [3.8, 4) is 16.9 Å². The number of carbonyl (C=O) groups excluding carboxylic acids is 2. The van der Waals surface area contributed by atoms with Crippen LogP contribution in [0.5, 0.6) is 5.75 Å². The van der Waals surface area contributed by atoms with E-state index in [9.17, 15) is 18.4 Å². The maximum Gasteiger partial charge on any atom is 0.333 e. The third kappa shape index (κ3) is 4.87. The van der Waals surface area contributed by atoms with Crippen LogP contribution >= 0.6 is 22.9 Å². The van der Waals surface area contributed by atoms with E-state index in [0.717, 1.165) is 11.1 Å². The zero-order valence-corrected chi connectivity index (χ0v) is 21.0. The van der Waals surface area contributed by atoms with Crippen molar-refractivity contribution < 1.29 is 23.1 Å². The predicted molar refractivity (Wildman–Crippen MR) is 131 cm³/mol. The van der Waals surface area contributed by atoms with Gasteiger partial charge in [0.2, 0.25) is 0 Å². The third-order valence-electron chi connectivity index (χ3n) is 5.62. The van der Waals surface area contributed by atoms with Crippen LogP contribution in [0.25, 0.3) is 11.1 Å². The van der Waals surface area contributed by atoms with Crippen molar-refractivity contribution in [3.05, 3.63) is 69.5 Å². The fraction of sp³-hybridized carbons (Fsp3) is 0.217. The van der Waals surface area contributed by atoms with Gasteiger partial charge in [-0.05, 0) is 25.1 Å². The summed E-state index contributed by atoms with van der Waals surface area (Å²) in [4.78, 5) is 40.9. The molecule has 0 fully saturated rings. The number of anilines is 1. The van der Waals surface area contributed by atoms with Crippen molar-refractivity contribution in [2.75, 3.05) is 12.4 Å². The summed E-state index contributed by atoms with van der Waals surface area (Å²) in [7, 11) is 1.50. The van der Waals surface area contributed by atoms with E-state index in [1.54, 1.807) is 19.1 Å². The number of rotatable bonds is 6. The molecule has 37 heavy (non-hydrogen) atoms. The van der Waals surface area contributed by atoms with E-state index >= 15 is 0 Å². The molecule has 1 aliphatic rings. The molecular weight excluding hydrogens is 528 g/mol. The number of pyridine rings is 2. The lowest BCUT2D eigenvalue weighted by Gasteiger charge is -2.14. The zero-order chi connectivity index (χ0) is 26.3. The number of amides is 2. The zero-order valence-electron chi connectivity index (χ0n) is 19.4. The van der Waals surface area contributed by atoms with E-state index < -0.39 is 18.4 Å². The number of ether oxygens (including phenoxy) is 1. The van der Waals surface area contributed by atoms with Gasteiger partial charge in [-0.15, -0.1) is 0 Å². The highest BCUT2D eigenvalue weighted by atomic mass is 35.5. The number of methoxy groups -OCH3 is 1. The molecule has 190 valence electrons. The number of nitrogens with zero attached hydrogens (tertiary/aromatic N) is 6. The van der Waals surface area contributed by atoms with Crippen LogP contribution in [0.4, 0.5) is 13.9 Å². The van der Waals surface area contributed by atoms with Gasteiger partial charge in [0.25, 0.3) is 11.8 Å². The van der Waals surface area contributed by atoms with Crippen LogP contribution in [-0.2, 0) is 13.1 Å². The molecule has 5 rings (SSSR count). The van der Waals surface area contributed by atoms with Gasteiger partial charge < -0.3 is 9.64 Å². The van der Waals surface area contributed by atoms with E-state index in [2.05, 4.69) is 25.4 Å². The standard InChI is InChI=1S/C23H18ClF2N7O3S/c1-11-5-12(13-6-19(24)28-8-17(13)36-2)14(7-27-11)20(34)30-23-29-16-9-32(10-18(16)37-23)21(35)15-3-4-33(31-15)22(25)26/h3-8,22H,9-10H2,1-2H3,(H,29,30,34). The Morgan fingerprint density at radius 1 is 1.19 bits per heavy atom. The van der Waals surface area contributed by atoms with Gasteiger partial charge in [-0.25, -0.2) is 14.6 Å². The van der Waals surface area contributed by atoms with Crippen LogP contribution < -0.4 is 10.1 Å². The summed E-state index contributed by atoms with van der Waals surface area (Å²) in [5, 5.41) is 7.02. The molecule has 0 unspecified atom stereocenters. The summed E-state index contributed by atoms with van der Waals surface area (Å²) in [6.07, 6.45) is 4.00. The number of carbonyl (C=O) groups is 2. The summed E-state index contributed by atoms with van der Waals surface area (Å²) < 4.78 is 31.4. The fourth-order valence-corrected chi connectivity index (χ4v) is 5.02. The number of hydrogen-bond donors (Lipinski definition) is 1. The highest BCUT2D eigenvalue weighted by Gasteiger charge is 2.30. The molecule has 14 heteroatoms. The fourth-order valence-electron chi connectivity index (χ4n) is 3.88. The summed E-state index contributed by atoms with van der Waals surface area (Å²) in [6.45, 7) is -0.619. The van der Waals surface area contributed by atoms with Gasteiger partial charge in [-0.2, -0.15) is 13.9 Å². The van der Waals surface area contributed by atoms with Crippen molar-refractivity contribution >= 4 is 39.9 Å². The first-order valence-corrected chi connectivity index (χ1v) is 12.0. The van der Waals surface area contributed by atoms with Gasteiger partial charge in [-0.1, -0.05) is 22.9 Å². The number of hydrogen-bond acceptors (Lipinski definition) is 8. The van der Waals surface area contributed by atoms with Gasteiger partial charge in [0.05, 0.1) is 42.5 Å². The smallest absolute Gasteiger partial charge is 0.333 e. The minimum atomic E-state index is -2.82. The van der Waals surface area contributed by atoms with E-state index in [1.807, 2.05) is 0 Å². The lowest BCUT2D eigenvalue weighted by atomic mass is 10.0. The van der Waals surface area contributed by atoms with Gasteiger partial charge >= 0.3 is 6.55 Å². The predicted octanol–water partition coefficient (Wildman–Crippen LogP) is 4.57. The molecule has 0 saturated heterocycles. The number of aryl methyl sites for hydroxylation is 1. The van der Waals surface area contributed by atoms with Crippen molar-refractivity contribution in [2.45, 2.75) is 26.6 Å². The number of nitrogens with one attached hydrogen (secondary N) is 1. The number of halogens is 3. The highest BCUT2D eigenvalue weighted by Crippen LogP contribution is 2.35. The average molecular weight is 546 g/mol. The van der Waals surface area contributed by atoms with Crippen molar-refractivity contribution in [3.63, 3.8) is 0 Å². The van der Waals surface area contributed by atoms with E-state index in [1.165, 1.54) is 41.8 Å². The molecule has 4 aromatic rings. The van der Waals surface area contributed by atoms with Crippen molar-refractivity contribution in [1.82, 2.24) is 29.6 Å². The molecule has 0 aliphatic carbocycles. The quantitative estimate of drug-likeness (QED) is 0.353. The Balaban J connectivity index is 1.34. The molecule has 0 aromatic carbocycles. The monoisotopic (exact) mass is 545 g/mol. The minimum absolute atomic E-state index is 0.0741. The third-order valence-corrected chi connectivity index (χ3v) is 6.82. The molecule has 0 bridgehead atoms. The lowest BCUT2D eigenvalue weighted by molar-refractivity contribution is 0.0550. The second-order valence-corrected chi connectivity index (χ2v) is 9.51. The van der Waals surface area contributed by atoms with Crippen LogP contribution in [0.3, 0.4) is 0 Å². The Kier molecular flexibility index (Phi) is 6.56. The highest BCUT2D eigenvalue weighted by molar-refractivity contribution is 7.16. The van der Waals surface area contributed by atoms with Gasteiger partial charge in [0.1, 0.15) is 10.9 Å². The Morgan fingerprint density at radius 3 is 2.70 bits per heavy atom. The molecular formula is C23H18ClF2N7O3S. The normalized spacial score (nSPS) is 12.6. The molecule has 1 N–H and O–H groups in total. The van der Waals surface area contributed by atoms with Gasteiger partial charge in [-0.3, -0.25) is 19.9 Å². The van der Waals surface area contributed by atoms with Crippen LogP contribution in [0, 0.1) is 6.92 Å². The molecule has 5 heterocycles. The van der Waals surface area contributed by atoms with E-state index in [-0.39, 0.29) is 29.5 Å². The summed E-state index contributed by atoms with van der Waals surface area (Å²) in [6, 6.07) is 4.61. The minimum Gasteiger partial charge on any atom is -0.494 e. The summed E-state index contributed by atoms with van der Waals surface area (Å²) in [5.41, 5.74) is 2.67. The second kappa shape index (κ2) is 9.82. The molecule has 1 aliphatic heterocycles. The maximum absolute atomic E-state index is 13.2. The van der Waals surface area contributed by atoms with Crippen molar-refractivity contribution in [1.29, 1.82) is 0 Å². The molecule has 4 aromatic heterocycles. The number of thiazole rings is 1. The Morgan fingerprint density at radius 2 is 2.00 bits per heavy atom. The Bertz CT molecular complexity index is 1500.